The Hall–Kier alpha value is -0.500. The van der Waals surface area contributed by atoms with Crippen LogP contribution in [0.3, 0.4) is 0 Å². The minimum absolute atomic E-state index is 1.07. The van der Waals surface area contributed by atoms with Crippen LogP contribution < -0.4 is 0 Å². The minimum Gasteiger partial charge on any atom is -0.265 e. The molecule has 0 atom stereocenters. The SMILES string of the molecule is [CH2]CCCCCSc1ccncc1. The molecule has 0 saturated heterocycles. The van der Waals surface area contributed by atoms with E-state index in [-0.39, 0.29) is 0 Å². The Kier molecular flexibility index (Phi) is 5.66. The molecular formula is C11H16NS. The van der Waals surface area contributed by atoms with Gasteiger partial charge in [0.2, 0.25) is 0 Å². The van der Waals surface area contributed by atoms with E-state index in [0.717, 1.165) is 6.42 Å². The van der Waals surface area contributed by atoms with Crippen molar-refractivity contribution in [2.45, 2.75) is 30.6 Å². The van der Waals surface area contributed by atoms with E-state index in [1.54, 1.807) is 0 Å². The first-order valence-corrected chi connectivity index (χ1v) is 5.74. The predicted molar refractivity (Wildman–Crippen MR) is 58.8 cm³/mol. The van der Waals surface area contributed by atoms with Gasteiger partial charge in [-0.3, -0.25) is 4.98 Å². The number of aromatic nitrogens is 1. The predicted octanol–water partition coefficient (Wildman–Crippen LogP) is 3.57. The van der Waals surface area contributed by atoms with Gasteiger partial charge in [0.25, 0.3) is 0 Å². The molecule has 13 heavy (non-hydrogen) atoms. The van der Waals surface area contributed by atoms with Crippen molar-refractivity contribution in [3.05, 3.63) is 31.5 Å². The molecule has 71 valence electrons. The Morgan fingerprint density at radius 3 is 2.62 bits per heavy atom. The standard InChI is InChI=1S/C11H16NS/c1-2-3-4-5-10-13-11-6-8-12-9-7-11/h6-9H,1-5,10H2. The number of hydrogen-bond acceptors (Lipinski definition) is 2. The van der Waals surface area contributed by atoms with Crippen molar-refractivity contribution in [2.75, 3.05) is 5.75 Å². The van der Waals surface area contributed by atoms with Crippen LogP contribution >= 0.6 is 11.8 Å². The van der Waals surface area contributed by atoms with E-state index in [2.05, 4.69) is 24.0 Å². The first kappa shape index (κ1) is 10.6. The van der Waals surface area contributed by atoms with Crippen molar-refractivity contribution in [1.29, 1.82) is 0 Å². The van der Waals surface area contributed by atoms with Gasteiger partial charge in [0.1, 0.15) is 0 Å². The number of unbranched alkanes of at least 4 members (excludes halogenated alkanes) is 3. The molecule has 0 aliphatic carbocycles. The first-order valence-electron chi connectivity index (χ1n) is 4.75. The summed E-state index contributed by atoms with van der Waals surface area (Å²) in [6.07, 6.45) is 8.62. The van der Waals surface area contributed by atoms with Crippen molar-refractivity contribution in [2.24, 2.45) is 0 Å². The highest BCUT2D eigenvalue weighted by molar-refractivity contribution is 7.99. The zero-order valence-corrected chi connectivity index (χ0v) is 8.72. The van der Waals surface area contributed by atoms with Crippen molar-refractivity contribution in [1.82, 2.24) is 4.98 Å². The third-order valence-corrected chi connectivity index (χ3v) is 2.91. The normalized spacial score (nSPS) is 10.2. The van der Waals surface area contributed by atoms with E-state index in [1.807, 2.05) is 24.2 Å². The van der Waals surface area contributed by atoms with Crippen LogP contribution in [-0.4, -0.2) is 10.7 Å². The molecule has 1 nitrogen and oxygen atoms in total. The van der Waals surface area contributed by atoms with E-state index >= 15 is 0 Å². The Morgan fingerprint density at radius 1 is 1.15 bits per heavy atom. The van der Waals surface area contributed by atoms with E-state index in [0.29, 0.717) is 0 Å². The highest BCUT2D eigenvalue weighted by atomic mass is 32.2. The fourth-order valence-corrected chi connectivity index (χ4v) is 1.98. The quantitative estimate of drug-likeness (QED) is 0.507. The van der Waals surface area contributed by atoms with Gasteiger partial charge in [-0.2, -0.15) is 0 Å². The molecule has 1 rings (SSSR count). The Bertz CT molecular complexity index is 211. The van der Waals surface area contributed by atoms with Crippen LogP contribution in [0.5, 0.6) is 0 Å². The summed E-state index contributed by atoms with van der Waals surface area (Å²) < 4.78 is 0. The molecule has 1 aromatic heterocycles. The second-order valence-electron chi connectivity index (χ2n) is 2.95. The summed E-state index contributed by atoms with van der Waals surface area (Å²) in [5.41, 5.74) is 0. The third kappa shape index (κ3) is 4.94. The Morgan fingerprint density at radius 2 is 1.92 bits per heavy atom. The average molecular weight is 194 g/mol. The van der Waals surface area contributed by atoms with Gasteiger partial charge in [-0.25, -0.2) is 0 Å². The van der Waals surface area contributed by atoms with Gasteiger partial charge < -0.3 is 0 Å². The molecule has 2 heteroatoms. The molecule has 1 heterocycles. The molecule has 0 bridgehead atoms. The van der Waals surface area contributed by atoms with E-state index in [1.165, 1.54) is 29.9 Å². The summed E-state index contributed by atoms with van der Waals surface area (Å²) in [5.74, 6) is 1.21. The molecule has 1 radical (unpaired) electrons. The minimum atomic E-state index is 1.07. The molecular weight excluding hydrogens is 178 g/mol. The van der Waals surface area contributed by atoms with Gasteiger partial charge in [-0.15, -0.1) is 11.8 Å². The maximum absolute atomic E-state index is 3.98. The fourth-order valence-electron chi connectivity index (χ4n) is 1.08. The van der Waals surface area contributed by atoms with E-state index in [4.69, 9.17) is 0 Å². The molecule has 0 amide bonds. The molecule has 0 fully saturated rings. The number of pyridine rings is 1. The summed E-state index contributed by atoms with van der Waals surface area (Å²) in [7, 11) is 0. The molecule has 0 saturated carbocycles. The number of hydrogen-bond donors (Lipinski definition) is 0. The van der Waals surface area contributed by atoms with Crippen LogP contribution in [-0.2, 0) is 0 Å². The molecule has 1 aromatic rings. The van der Waals surface area contributed by atoms with E-state index in [9.17, 15) is 0 Å². The first-order chi connectivity index (χ1) is 6.43. The van der Waals surface area contributed by atoms with Crippen LogP contribution in [0.2, 0.25) is 0 Å². The fraction of sp³-hybridized carbons (Fsp3) is 0.455. The summed E-state index contributed by atoms with van der Waals surface area (Å²) in [4.78, 5) is 5.31. The van der Waals surface area contributed by atoms with E-state index < -0.39 is 0 Å². The third-order valence-electron chi connectivity index (χ3n) is 1.81. The maximum Gasteiger partial charge on any atom is 0.0278 e. The van der Waals surface area contributed by atoms with Crippen LogP contribution in [0.15, 0.2) is 29.4 Å². The molecule has 0 spiro atoms. The van der Waals surface area contributed by atoms with Crippen LogP contribution in [0.1, 0.15) is 25.7 Å². The summed E-state index contributed by atoms with van der Waals surface area (Å²) in [6, 6.07) is 4.12. The second-order valence-corrected chi connectivity index (χ2v) is 4.11. The van der Waals surface area contributed by atoms with Crippen molar-refractivity contribution in [3.8, 4) is 0 Å². The van der Waals surface area contributed by atoms with Crippen LogP contribution in [0.25, 0.3) is 0 Å². The smallest absolute Gasteiger partial charge is 0.0278 e. The van der Waals surface area contributed by atoms with Gasteiger partial charge in [-0.1, -0.05) is 26.2 Å². The summed E-state index contributed by atoms with van der Waals surface area (Å²) in [5, 5.41) is 0. The monoisotopic (exact) mass is 194 g/mol. The molecule has 0 N–H and O–H groups in total. The van der Waals surface area contributed by atoms with Gasteiger partial charge in [-0.05, 0) is 24.3 Å². The molecule has 0 aromatic carbocycles. The zero-order valence-electron chi connectivity index (χ0n) is 7.91. The summed E-state index contributed by atoms with van der Waals surface area (Å²) >= 11 is 1.91. The van der Waals surface area contributed by atoms with Gasteiger partial charge in [0.15, 0.2) is 0 Å². The van der Waals surface area contributed by atoms with Crippen molar-refractivity contribution < 1.29 is 0 Å². The topological polar surface area (TPSA) is 12.9 Å². The lowest BCUT2D eigenvalue weighted by Crippen LogP contribution is -1.81. The average Bonchev–Trinajstić information content (AvgIpc) is 2.19. The van der Waals surface area contributed by atoms with Gasteiger partial charge in [0.05, 0.1) is 0 Å². The number of nitrogens with zero attached hydrogens (tertiary/aromatic N) is 1. The highest BCUT2D eigenvalue weighted by Gasteiger charge is 1.92. The lowest BCUT2D eigenvalue weighted by molar-refractivity contribution is 0.733. The van der Waals surface area contributed by atoms with Crippen molar-refractivity contribution in [3.63, 3.8) is 0 Å². The lowest BCUT2D eigenvalue weighted by atomic mass is 10.2. The maximum atomic E-state index is 3.98. The van der Waals surface area contributed by atoms with Gasteiger partial charge in [0, 0.05) is 17.3 Å². The second kappa shape index (κ2) is 6.96. The van der Waals surface area contributed by atoms with Gasteiger partial charge >= 0.3 is 0 Å². The highest BCUT2D eigenvalue weighted by Crippen LogP contribution is 2.18. The Labute approximate surface area is 85.0 Å². The van der Waals surface area contributed by atoms with Crippen molar-refractivity contribution >= 4 is 11.8 Å². The lowest BCUT2D eigenvalue weighted by Gasteiger charge is -1.99. The zero-order chi connectivity index (χ0) is 9.36. The van der Waals surface area contributed by atoms with Crippen LogP contribution in [0, 0.1) is 6.92 Å². The molecule has 0 unspecified atom stereocenters. The molecule has 0 aliphatic heterocycles. The summed E-state index contributed by atoms with van der Waals surface area (Å²) in [6.45, 7) is 3.83. The largest absolute Gasteiger partial charge is 0.265 e. The number of thioether (sulfide) groups is 1. The molecule has 0 aliphatic rings. The Balaban J connectivity index is 2.07. The number of rotatable bonds is 6. The van der Waals surface area contributed by atoms with Crippen LogP contribution in [0.4, 0.5) is 0 Å².